The quantitative estimate of drug-likeness (QED) is 0.697. The van der Waals surface area contributed by atoms with Crippen molar-refractivity contribution in [2.75, 3.05) is 25.0 Å². The minimum atomic E-state index is 0.0121. The third-order valence-electron chi connectivity index (χ3n) is 2.36. The highest BCUT2D eigenvalue weighted by atomic mass is 35.5. The molecule has 1 aliphatic heterocycles. The lowest BCUT2D eigenvalue weighted by Gasteiger charge is -2.16. The number of para-hydroxylation sites is 1. The highest BCUT2D eigenvalue weighted by molar-refractivity contribution is 6.33. The molecule has 0 N–H and O–H groups in total. The van der Waals surface area contributed by atoms with Crippen LogP contribution in [0.4, 0.5) is 10.5 Å². The number of likely N-dealkylation sites (N-methyl/N-ethyl adjacent to an activating group) is 1. The first-order valence-corrected chi connectivity index (χ1v) is 4.85. The van der Waals surface area contributed by atoms with E-state index in [1.165, 1.54) is 0 Å². The van der Waals surface area contributed by atoms with Crippen molar-refractivity contribution in [2.24, 2.45) is 0 Å². The van der Waals surface area contributed by atoms with E-state index < -0.39 is 0 Å². The second-order valence-corrected chi connectivity index (χ2v) is 3.71. The monoisotopic (exact) mass is 210 g/mol. The van der Waals surface area contributed by atoms with E-state index in [1.54, 1.807) is 22.9 Å². The maximum absolute atomic E-state index is 11.7. The number of halogens is 1. The van der Waals surface area contributed by atoms with Gasteiger partial charge in [0.05, 0.1) is 10.7 Å². The van der Waals surface area contributed by atoms with Crippen molar-refractivity contribution < 1.29 is 4.79 Å². The SMILES string of the molecule is CN1CCN(c2ccccc2Cl)C1=O. The number of benzene rings is 1. The summed E-state index contributed by atoms with van der Waals surface area (Å²) in [7, 11) is 1.79. The molecule has 4 heteroatoms. The zero-order valence-corrected chi connectivity index (χ0v) is 8.66. The van der Waals surface area contributed by atoms with Crippen LogP contribution in [0.3, 0.4) is 0 Å². The largest absolute Gasteiger partial charge is 0.326 e. The molecule has 74 valence electrons. The Bertz CT molecular complexity index is 367. The topological polar surface area (TPSA) is 23.6 Å². The molecule has 2 amide bonds. The van der Waals surface area contributed by atoms with E-state index in [0.717, 1.165) is 12.2 Å². The molecule has 0 aromatic heterocycles. The second-order valence-electron chi connectivity index (χ2n) is 3.31. The molecule has 14 heavy (non-hydrogen) atoms. The van der Waals surface area contributed by atoms with Gasteiger partial charge in [-0.05, 0) is 12.1 Å². The number of hydrogen-bond donors (Lipinski definition) is 0. The van der Waals surface area contributed by atoms with Gasteiger partial charge in [-0.25, -0.2) is 4.79 Å². The number of urea groups is 1. The lowest BCUT2D eigenvalue weighted by atomic mass is 10.3. The molecule has 2 rings (SSSR count). The van der Waals surface area contributed by atoms with Gasteiger partial charge in [-0.2, -0.15) is 0 Å². The predicted octanol–water partition coefficient (Wildman–Crippen LogP) is 2.21. The lowest BCUT2D eigenvalue weighted by Crippen LogP contribution is -2.29. The summed E-state index contributed by atoms with van der Waals surface area (Å²) in [6.07, 6.45) is 0. The van der Waals surface area contributed by atoms with Crippen molar-refractivity contribution >= 4 is 23.3 Å². The fourth-order valence-corrected chi connectivity index (χ4v) is 1.78. The fraction of sp³-hybridized carbons (Fsp3) is 0.300. The van der Waals surface area contributed by atoms with E-state index in [-0.39, 0.29) is 6.03 Å². The van der Waals surface area contributed by atoms with Crippen molar-refractivity contribution in [3.63, 3.8) is 0 Å². The molecule has 0 saturated carbocycles. The summed E-state index contributed by atoms with van der Waals surface area (Å²) >= 11 is 6.00. The highest BCUT2D eigenvalue weighted by Gasteiger charge is 2.27. The molecule has 0 atom stereocenters. The Morgan fingerprint density at radius 2 is 2.00 bits per heavy atom. The molecule has 0 unspecified atom stereocenters. The molecule has 0 spiro atoms. The van der Waals surface area contributed by atoms with Crippen LogP contribution < -0.4 is 4.90 Å². The Labute approximate surface area is 87.9 Å². The van der Waals surface area contributed by atoms with Crippen LogP contribution in [-0.2, 0) is 0 Å². The molecule has 0 aliphatic carbocycles. The zero-order valence-electron chi connectivity index (χ0n) is 7.90. The molecule has 0 radical (unpaired) electrons. The first-order valence-electron chi connectivity index (χ1n) is 4.47. The lowest BCUT2D eigenvalue weighted by molar-refractivity contribution is 0.229. The molecule has 3 nitrogen and oxygen atoms in total. The molecule has 1 fully saturated rings. The van der Waals surface area contributed by atoms with Gasteiger partial charge in [0, 0.05) is 20.1 Å². The Morgan fingerprint density at radius 1 is 1.29 bits per heavy atom. The van der Waals surface area contributed by atoms with E-state index in [1.807, 2.05) is 18.2 Å². The maximum Gasteiger partial charge on any atom is 0.324 e. The standard InChI is InChI=1S/C10H11ClN2O/c1-12-6-7-13(10(12)14)9-5-3-2-4-8(9)11/h2-5H,6-7H2,1H3. The van der Waals surface area contributed by atoms with Gasteiger partial charge in [0.15, 0.2) is 0 Å². The van der Waals surface area contributed by atoms with Gasteiger partial charge in [0.25, 0.3) is 0 Å². The van der Waals surface area contributed by atoms with Crippen LogP contribution in [0.15, 0.2) is 24.3 Å². The Hall–Kier alpha value is -1.22. The third-order valence-corrected chi connectivity index (χ3v) is 2.68. The minimum absolute atomic E-state index is 0.0121. The minimum Gasteiger partial charge on any atom is -0.326 e. The number of amides is 2. The molecule has 0 bridgehead atoms. The molecule has 1 aromatic carbocycles. The maximum atomic E-state index is 11.7. The first kappa shape index (κ1) is 9.34. The number of nitrogens with zero attached hydrogens (tertiary/aromatic N) is 2. The second kappa shape index (κ2) is 3.50. The van der Waals surface area contributed by atoms with E-state index in [2.05, 4.69) is 0 Å². The van der Waals surface area contributed by atoms with E-state index in [9.17, 15) is 4.79 Å². The van der Waals surface area contributed by atoms with Crippen LogP contribution in [-0.4, -0.2) is 31.1 Å². The normalized spacial score (nSPS) is 16.6. The molecule has 1 heterocycles. The highest BCUT2D eigenvalue weighted by Crippen LogP contribution is 2.27. The number of anilines is 1. The molecule has 1 saturated heterocycles. The first-order chi connectivity index (χ1) is 6.70. The van der Waals surface area contributed by atoms with Crippen LogP contribution in [0.25, 0.3) is 0 Å². The van der Waals surface area contributed by atoms with Gasteiger partial charge < -0.3 is 4.90 Å². The van der Waals surface area contributed by atoms with Crippen molar-refractivity contribution in [2.45, 2.75) is 0 Å². The molecule has 1 aromatic rings. The van der Waals surface area contributed by atoms with Gasteiger partial charge in [-0.3, -0.25) is 4.90 Å². The summed E-state index contributed by atoms with van der Waals surface area (Å²) in [5, 5.41) is 0.621. The average Bonchev–Trinajstić information content (AvgIpc) is 2.49. The van der Waals surface area contributed by atoms with Crippen LogP contribution in [0, 0.1) is 0 Å². The van der Waals surface area contributed by atoms with Crippen LogP contribution in [0.5, 0.6) is 0 Å². The number of hydrogen-bond acceptors (Lipinski definition) is 1. The number of rotatable bonds is 1. The number of carbonyl (C=O) groups is 1. The number of carbonyl (C=O) groups excluding carboxylic acids is 1. The summed E-state index contributed by atoms with van der Waals surface area (Å²) in [5.74, 6) is 0. The summed E-state index contributed by atoms with van der Waals surface area (Å²) < 4.78 is 0. The Kier molecular flexibility index (Phi) is 2.33. The Balaban J connectivity index is 2.33. The summed E-state index contributed by atoms with van der Waals surface area (Å²) in [4.78, 5) is 15.0. The van der Waals surface area contributed by atoms with Gasteiger partial charge in [-0.1, -0.05) is 23.7 Å². The summed E-state index contributed by atoms with van der Waals surface area (Å²) in [6.45, 7) is 1.46. The van der Waals surface area contributed by atoms with E-state index in [0.29, 0.717) is 11.6 Å². The van der Waals surface area contributed by atoms with Crippen LogP contribution in [0.2, 0.25) is 5.02 Å². The summed E-state index contributed by atoms with van der Waals surface area (Å²) in [5.41, 5.74) is 0.795. The summed E-state index contributed by atoms with van der Waals surface area (Å²) in [6, 6.07) is 7.41. The predicted molar refractivity (Wildman–Crippen MR) is 56.8 cm³/mol. The van der Waals surface area contributed by atoms with Crippen molar-refractivity contribution in [1.82, 2.24) is 4.90 Å². The van der Waals surface area contributed by atoms with Crippen molar-refractivity contribution in [3.8, 4) is 0 Å². The fourth-order valence-electron chi connectivity index (χ4n) is 1.54. The smallest absolute Gasteiger partial charge is 0.324 e. The molecular weight excluding hydrogens is 200 g/mol. The van der Waals surface area contributed by atoms with Crippen LogP contribution >= 0.6 is 11.6 Å². The molecule has 1 aliphatic rings. The van der Waals surface area contributed by atoms with E-state index in [4.69, 9.17) is 11.6 Å². The average molecular weight is 211 g/mol. The zero-order chi connectivity index (χ0) is 10.1. The van der Waals surface area contributed by atoms with E-state index >= 15 is 0 Å². The van der Waals surface area contributed by atoms with Gasteiger partial charge >= 0.3 is 6.03 Å². The van der Waals surface area contributed by atoms with Crippen LogP contribution in [0.1, 0.15) is 0 Å². The van der Waals surface area contributed by atoms with Crippen molar-refractivity contribution in [3.05, 3.63) is 29.3 Å². The third kappa shape index (κ3) is 1.44. The van der Waals surface area contributed by atoms with Gasteiger partial charge in [0.1, 0.15) is 0 Å². The molecular formula is C10H11ClN2O. The van der Waals surface area contributed by atoms with Gasteiger partial charge in [0.2, 0.25) is 0 Å². The Morgan fingerprint density at radius 3 is 2.57 bits per heavy atom. The van der Waals surface area contributed by atoms with Gasteiger partial charge in [-0.15, -0.1) is 0 Å². The van der Waals surface area contributed by atoms with Crippen molar-refractivity contribution in [1.29, 1.82) is 0 Å².